The van der Waals surface area contributed by atoms with Gasteiger partial charge in [-0.25, -0.2) is 0 Å². The van der Waals surface area contributed by atoms with Gasteiger partial charge >= 0.3 is 0 Å². The van der Waals surface area contributed by atoms with Crippen LogP contribution in [0.5, 0.6) is 0 Å². The van der Waals surface area contributed by atoms with Gasteiger partial charge in [0.05, 0.1) is 5.69 Å². The zero-order valence-corrected chi connectivity index (χ0v) is 12.1. The van der Waals surface area contributed by atoms with Crippen molar-refractivity contribution in [3.05, 3.63) is 17.5 Å². The Bertz CT molecular complexity index is 419. The first-order chi connectivity index (χ1) is 9.19. The third-order valence-corrected chi connectivity index (χ3v) is 3.85. The molecule has 2 heterocycles. The maximum absolute atomic E-state index is 12.1. The van der Waals surface area contributed by atoms with Gasteiger partial charge in [0.1, 0.15) is 5.78 Å². The monoisotopic (exact) mass is 263 g/mol. The highest BCUT2D eigenvalue weighted by Crippen LogP contribution is 2.13. The molecule has 19 heavy (non-hydrogen) atoms. The summed E-state index contributed by atoms with van der Waals surface area (Å²) in [6.45, 7) is 5.99. The van der Waals surface area contributed by atoms with E-state index in [-0.39, 0.29) is 0 Å². The Morgan fingerprint density at radius 3 is 3.05 bits per heavy atom. The average molecular weight is 263 g/mol. The SMILES string of the molecule is CCn1nc(C)cc1CC(=O)CCC1CCCCN1. The van der Waals surface area contributed by atoms with Crippen LogP contribution in [0.1, 0.15) is 50.4 Å². The number of carbonyl (C=O) groups is 1. The van der Waals surface area contributed by atoms with Crippen molar-refractivity contribution in [1.82, 2.24) is 15.1 Å². The Labute approximate surface area is 115 Å². The molecule has 1 fully saturated rings. The van der Waals surface area contributed by atoms with Gasteiger partial charge in [0, 0.05) is 31.1 Å². The first kappa shape index (κ1) is 14.3. The number of hydrogen-bond acceptors (Lipinski definition) is 3. The molecular formula is C15H25N3O. The first-order valence-electron chi connectivity index (χ1n) is 7.47. The first-order valence-corrected chi connectivity index (χ1v) is 7.47. The van der Waals surface area contributed by atoms with Crippen LogP contribution < -0.4 is 5.32 Å². The topological polar surface area (TPSA) is 46.9 Å². The van der Waals surface area contributed by atoms with Crippen molar-refractivity contribution >= 4 is 5.78 Å². The number of ketones is 1. The van der Waals surface area contributed by atoms with Gasteiger partial charge in [-0.15, -0.1) is 0 Å². The highest BCUT2D eigenvalue weighted by atomic mass is 16.1. The summed E-state index contributed by atoms with van der Waals surface area (Å²) in [6, 6.07) is 2.58. The maximum atomic E-state index is 12.1. The Morgan fingerprint density at radius 2 is 2.37 bits per heavy atom. The molecule has 4 heteroatoms. The van der Waals surface area contributed by atoms with E-state index in [1.807, 2.05) is 17.7 Å². The fourth-order valence-electron chi connectivity index (χ4n) is 2.81. The summed E-state index contributed by atoms with van der Waals surface area (Å²) < 4.78 is 1.94. The molecule has 0 bridgehead atoms. The molecular weight excluding hydrogens is 238 g/mol. The van der Waals surface area contributed by atoms with Gasteiger partial charge in [0.15, 0.2) is 0 Å². The van der Waals surface area contributed by atoms with Crippen LogP contribution in [0.15, 0.2) is 6.07 Å². The van der Waals surface area contributed by atoms with Crippen molar-refractivity contribution in [2.45, 2.75) is 65.0 Å². The Hall–Kier alpha value is -1.16. The minimum Gasteiger partial charge on any atom is -0.314 e. The molecule has 0 amide bonds. The zero-order chi connectivity index (χ0) is 13.7. The minimum absolute atomic E-state index is 0.335. The number of nitrogens with zero attached hydrogens (tertiary/aromatic N) is 2. The maximum Gasteiger partial charge on any atom is 0.138 e. The molecule has 0 aliphatic carbocycles. The average Bonchev–Trinajstić information content (AvgIpc) is 2.77. The third kappa shape index (κ3) is 4.16. The van der Waals surface area contributed by atoms with Gasteiger partial charge in [-0.05, 0) is 45.7 Å². The number of hydrogen-bond donors (Lipinski definition) is 1. The van der Waals surface area contributed by atoms with Crippen LogP contribution in [-0.4, -0.2) is 28.2 Å². The lowest BCUT2D eigenvalue weighted by molar-refractivity contribution is -0.118. The van der Waals surface area contributed by atoms with Crippen LogP contribution in [0.4, 0.5) is 0 Å². The number of Topliss-reactive ketones (excluding diaryl/α,β-unsaturated/α-hetero) is 1. The van der Waals surface area contributed by atoms with Gasteiger partial charge in [0.25, 0.3) is 0 Å². The third-order valence-electron chi connectivity index (χ3n) is 3.85. The summed E-state index contributed by atoms with van der Waals surface area (Å²) in [6.07, 6.45) is 6.00. The second-order valence-corrected chi connectivity index (χ2v) is 5.49. The van der Waals surface area contributed by atoms with E-state index in [0.29, 0.717) is 24.7 Å². The summed E-state index contributed by atoms with van der Waals surface area (Å²) in [5.41, 5.74) is 2.06. The number of nitrogens with one attached hydrogen (secondary N) is 1. The van der Waals surface area contributed by atoms with Gasteiger partial charge in [-0.2, -0.15) is 5.10 Å². The van der Waals surface area contributed by atoms with Gasteiger partial charge in [-0.1, -0.05) is 6.42 Å². The van der Waals surface area contributed by atoms with E-state index in [1.165, 1.54) is 19.3 Å². The number of rotatable bonds is 6. The van der Waals surface area contributed by atoms with E-state index in [1.54, 1.807) is 0 Å². The van der Waals surface area contributed by atoms with E-state index in [9.17, 15) is 4.79 Å². The molecule has 1 aromatic rings. The van der Waals surface area contributed by atoms with Crippen molar-refractivity contribution in [2.75, 3.05) is 6.54 Å². The molecule has 1 unspecified atom stereocenters. The van der Waals surface area contributed by atoms with Crippen LogP contribution in [0.2, 0.25) is 0 Å². The van der Waals surface area contributed by atoms with Crippen LogP contribution in [0.3, 0.4) is 0 Å². The molecule has 0 saturated carbocycles. The quantitative estimate of drug-likeness (QED) is 0.856. The number of aryl methyl sites for hydroxylation is 2. The molecule has 0 aromatic carbocycles. The van der Waals surface area contributed by atoms with Gasteiger partial charge in [-0.3, -0.25) is 9.48 Å². The van der Waals surface area contributed by atoms with E-state index in [2.05, 4.69) is 17.3 Å². The molecule has 0 spiro atoms. The van der Waals surface area contributed by atoms with Crippen LogP contribution in [-0.2, 0) is 17.8 Å². The standard InChI is InChI=1S/C15H25N3O/c1-3-18-14(10-12(2)17-18)11-15(19)8-7-13-6-4-5-9-16-13/h10,13,16H,3-9,11H2,1-2H3. The normalized spacial score (nSPS) is 19.6. The molecule has 2 rings (SSSR count). The Balaban J connectivity index is 1.80. The fraction of sp³-hybridized carbons (Fsp3) is 0.733. The fourth-order valence-corrected chi connectivity index (χ4v) is 2.81. The lowest BCUT2D eigenvalue weighted by atomic mass is 9.98. The second-order valence-electron chi connectivity index (χ2n) is 5.49. The summed E-state index contributed by atoms with van der Waals surface area (Å²) in [4.78, 5) is 12.1. The van der Waals surface area contributed by atoms with Crippen molar-refractivity contribution in [3.63, 3.8) is 0 Å². The predicted molar refractivity (Wildman–Crippen MR) is 76.2 cm³/mol. The number of piperidine rings is 1. The lowest BCUT2D eigenvalue weighted by Gasteiger charge is -2.22. The molecule has 4 nitrogen and oxygen atoms in total. The highest BCUT2D eigenvalue weighted by molar-refractivity contribution is 5.80. The van der Waals surface area contributed by atoms with Crippen LogP contribution in [0.25, 0.3) is 0 Å². The lowest BCUT2D eigenvalue weighted by Crippen LogP contribution is -2.34. The predicted octanol–water partition coefficient (Wildman–Crippen LogP) is 2.25. The van der Waals surface area contributed by atoms with Crippen LogP contribution in [0, 0.1) is 6.92 Å². The van der Waals surface area contributed by atoms with Crippen molar-refractivity contribution in [1.29, 1.82) is 0 Å². The van der Waals surface area contributed by atoms with E-state index in [0.717, 1.165) is 30.9 Å². The second kappa shape index (κ2) is 6.85. The summed E-state index contributed by atoms with van der Waals surface area (Å²) in [5.74, 6) is 0.335. The number of aromatic nitrogens is 2. The molecule has 1 N–H and O–H groups in total. The molecule has 1 saturated heterocycles. The Kier molecular flexibility index (Phi) is 5.14. The minimum atomic E-state index is 0.335. The highest BCUT2D eigenvalue weighted by Gasteiger charge is 2.15. The largest absolute Gasteiger partial charge is 0.314 e. The zero-order valence-electron chi connectivity index (χ0n) is 12.1. The molecule has 0 radical (unpaired) electrons. The molecule has 1 aromatic heterocycles. The Morgan fingerprint density at radius 1 is 1.53 bits per heavy atom. The number of carbonyl (C=O) groups excluding carboxylic acids is 1. The van der Waals surface area contributed by atoms with Gasteiger partial charge < -0.3 is 5.32 Å². The summed E-state index contributed by atoms with van der Waals surface area (Å²) in [5, 5.41) is 7.88. The summed E-state index contributed by atoms with van der Waals surface area (Å²) in [7, 11) is 0. The van der Waals surface area contributed by atoms with E-state index < -0.39 is 0 Å². The summed E-state index contributed by atoms with van der Waals surface area (Å²) >= 11 is 0. The molecule has 1 atom stereocenters. The molecule has 106 valence electrons. The van der Waals surface area contributed by atoms with E-state index in [4.69, 9.17) is 0 Å². The smallest absolute Gasteiger partial charge is 0.138 e. The van der Waals surface area contributed by atoms with Crippen molar-refractivity contribution in [3.8, 4) is 0 Å². The van der Waals surface area contributed by atoms with Crippen molar-refractivity contribution in [2.24, 2.45) is 0 Å². The van der Waals surface area contributed by atoms with Crippen molar-refractivity contribution < 1.29 is 4.79 Å². The van der Waals surface area contributed by atoms with Gasteiger partial charge in [0.2, 0.25) is 0 Å². The molecule has 1 aliphatic rings. The molecule has 1 aliphatic heterocycles. The van der Waals surface area contributed by atoms with Crippen LogP contribution >= 0.6 is 0 Å². The van der Waals surface area contributed by atoms with E-state index >= 15 is 0 Å².